The van der Waals surface area contributed by atoms with Gasteiger partial charge in [-0.1, -0.05) is 17.7 Å². The third kappa shape index (κ3) is 1.98. The maximum absolute atomic E-state index is 12.3. The molecule has 0 N–H and O–H groups in total. The molecule has 17 heavy (non-hydrogen) atoms. The molecule has 0 radical (unpaired) electrons. The van der Waals surface area contributed by atoms with Crippen LogP contribution in [0.1, 0.15) is 11.3 Å². The molecule has 90 valence electrons. The Balaban J connectivity index is 2.58. The molecule has 1 heterocycles. The minimum Gasteiger partial charge on any atom is -0.272 e. The standard InChI is InChI=1S/C12H14N2O2S/c1-9-4-6-11(7-5-9)17(15,16)12-8-13-14(3)10(12)2/h4-8H,1-3H3. The topological polar surface area (TPSA) is 52.0 Å². The number of hydrogen-bond acceptors (Lipinski definition) is 3. The van der Waals surface area contributed by atoms with Crippen molar-refractivity contribution in [2.45, 2.75) is 23.6 Å². The van der Waals surface area contributed by atoms with Crippen LogP contribution in [0.2, 0.25) is 0 Å². The van der Waals surface area contributed by atoms with Crippen LogP contribution in [0, 0.1) is 13.8 Å². The highest BCUT2D eigenvalue weighted by molar-refractivity contribution is 7.91. The van der Waals surface area contributed by atoms with Gasteiger partial charge in [-0.05, 0) is 26.0 Å². The number of benzene rings is 1. The molecule has 2 rings (SSSR count). The van der Waals surface area contributed by atoms with Gasteiger partial charge in [0.05, 0.1) is 16.8 Å². The normalized spacial score (nSPS) is 11.7. The molecule has 0 aliphatic heterocycles. The van der Waals surface area contributed by atoms with Crippen molar-refractivity contribution >= 4 is 9.84 Å². The van der Waals surface area contributed by atoms with Crippen LogP contribution < -0.4 is 0 Å². The lowest BCUT2D eigenvalue weighted by atomic mass is 10.2. The second-order valence-corrected chi connectivity index (χ2v) is 5.95. The average molecular weight is 250 g/mol. The Kier molecular flexibility index (Phi) is 2.79. The zero-order valence-corrected chi connectivity index (χ0v) is 10.8. The first-order valence-electron chi connectivity index (χ1n) is 5.23. The van der Waals surface area contributed by atoms with Crippen molar-refractivity contribution in [1.82, 2.24) is 9.78 Å². The van der Waals surface area contributed by atoms with Crippen molar-refractivity contribution in [3.05, 3.63) is 41.7 Å². The first-order chi connectivity index (χ1) is 7.93. The van der Waals surface area contributed by atoms with Crippen LogP contribution in [0.4, 0.5) is 0 Å². The van der Waals surface area contributed by atoms with Gasteiger partial charge in [0.25, 0.3) is 0 Å². The molecule has 0 aliphatic carbocycles. The molecule has 0 amide bonds. The summed E-state index contributed by atoms with van der Waals surface area (Å²) >= 11 is 0. The van der Waals surface area contributed by atoms with Gasteiger partial charge >= 0.3 is 0 Å². The van der Waals surface area contributed by atoms with Crippen LogP contribution in [0.3, 0.4) is 0 Å². The predicted octanol–water partition coefficient (Wildman–Crippen LogP) is 1.87. The largest absolute Gasteiger partial charge is 0.272 e. The van der Waals surface area contributed by atoms with Crippen molar-refractivity contribution in [2.24, 2.45) is 7.05 Å². The summed E-state index contributed by atoms with van der Waals surface area (Å²) in [5.41, 5.74) is 1.68. The highest BCUT2D eigenvalue weighted by atomic mass is 32.2. The number of sulfone groups is 1. The first kappa shape index (κ1) is 11.9. The number of hydrogen-bond donors (Lipinski definition) is 0. The minimum atomic E-state index is -3.45. The van der Waals surface area contributed by atoms with Gasteiger partial charge in [-0.25, -0.2) is 8.42 Å². The first-order valence-corrected chi connectivity index (χ1v) is 6.71. The maximum atomic E-state index is 12.3. The summed E-state index contributed by atoms with van der Waals surface area (Å²) in [6, 6.07) is 6.82. The van der Waals surface area contributed by atoms with Gasteiger partial charge in [-0.3, -0.25) is 4.68 Å². The molecule has 0 unspecified atom stereocenters. The van der Waals surface area contributed by atoms with Crippen molar-refractivity contribution < 1.29 is 8.42 Å². The summed E-state index contributed by atoms with van der Waals surface area (Å²) in [6.45, 7) is 3.67. The Morgan fingerprint density at radius 3 is 2.18 bits per heavy atom. The fourth-order valence-corrected chi connectivity index (χ4v) is 3.04. The van der Waals surface area contributed by atoms with E-state index in [-0.39, 0.29) is 4.90 Å². The van der Waals surface area contributed by atoms with Crippen molar-refractivity contribution in [2.75, 3.05) is 0 Å². The van der Waals surface area contributed by atoms with Gasteiger partial charge < -0.3 is 0 Å². The van der Waals surface area contributed by atoms with Crippen LogP contribution in [-0.4, -0.2) is 18.2 Å². The molecule has 0 fully saturated rings. The maximum Gasteiger partial charge on any atom is 0.209 e. The molecule has 0 atom stereocenters. The lowest BCUT2D eigenvalue weighted by Crippen LogP contribution is -2.04. The Bertz CT molecular complexity index is 640. The fourth-order valence-electron chi connectivity index (χ4n) is 1.59. The van der Waals surface area contributed by atoms with Gasteiger partial charge in [-0.2, -0.15) is 5.10 Å². The summed E-state index contributed by atoms with van der Waals surface area (Å²) in [7, 11) is -1.72. The summed E-state index contributed by atoms with van der Waals surface area (Å²) in [5.74, 6) is 0. The fraction of sp³-hybridized carbons (Fsp3) is 0.250. The molecular weight excluding hydrogens is 236 g/mol. The van der Waals surface area contributed by atoms with Crippen LogP contribution in [-0.2, 0) is 16.9 Å². The second kappa shape index (κ2) is 4.00. The molecule has 0 bridgehead atoms. The quantitative estimate of drug-likeness (QED) is 0.817. The molecule has 0 saturated carbocycles. The van der Waals surface area contributed by atoms with Crippen LogP contribution >= 0.6 is 0 Å². The van der Waals surface area contributed by atoms with E-state index in [1.54, 1.807) is 42.9 Å². The van der Waals surface area contributed by atoms with Crippen LogP contribution in [0.5, 0.6) is 0 Å². The third-order valence-corrected chi connectivity index (χ3v) is 4.68. The van der Waals surface area contributed by atoms with Crippen molar-refractivity contribution in [3.8, 4) is 0 Å². The van der Waals surface area contributed by atoms with E-state index in [2.05, 4.69) is 5.10 Å². The van der Waals surface area contributed by atoms with Crippen LogP contribution in [0.15, 0.2) is 40.3 Å². The molecule has 0 saturated heterocycles. The molecule has 4 nitrogen and oxygen atoms in total. The van der Waals surface area contributed by atoms with Crippen LogP contribution in [0.25, 0.3) is 0 Å². The van der Waals surface area contributed by atoms with E-state index in [0.29, 0.717) is 10.6 Å². The molecule has 0 aliphatic rings. The molecule has 2 aromatic rings. The highest BCUT2D eigenvalue weighted by Crippen LogP contribution is 2.23. The van der Waals surface area contributed by atoms with E-state index in [4.69, 9.17) is 0 Å². The van der Waals surface area contributed by atoms with E-state index >= 15 is 0 Å². The summed E-state index contributed by atoms with van der Waals surface area (Å²) in [4.78, 5) is 0.572. The zero-order chi connectivity index (χ0) is 12.6. The molecule has 1 aromatic carbocycles. The second-order valence-electron chi connectivity index (χ2n) is 4.03. The van der Waals surface area contributed by atoms with E-state index in [0.717, 1.165) is 5.56 Å². The van der Waals surface area contributed by atoms with Crippen molar-refractivity contribution in [1.29, 1.82) is 0 Å². The highest BCUT2D eigenvalue weighted by Gasteiger charge is 2.22. The molecule has 5 heteroatoms. The van der Waals surface area contributed by atoms with Crippen molar-refractivity contribution in [3.63, 3.8) is 0 Å². The molecule has 0 spiro atoms. The predicted molar refractivity (Wildman–Crippen MR) is 64.6 cm³/mol. The molecule has 1 aromatic heterocycles. The number of nitrogens with zero attached hydrogens (tertiary/aromatic N) is 2. The SMILES string of the molecule is Cc1ccc(S(=O)(=O)c2cnn(C)c2C)cc1. The van der Waals surface area contributed by atoms with Gasteiger partial charge in [0.1, 0.15) is 4.90 Å². The zero-order valence-electron chi connectivity index (χ0n) is 10.0. The van der Waals surface area contributed by atoms with E-state index in [9.17, 15) is 8.42 Å². The van der Waals surface area contributed by atoms with Gasteiger partial charge in [0, 0.05) is 7.05 Å². The lowest BCUT2D eigenvalue weighted by molar-refractivity contribution is 0.595. The summed E-state index contributed by atoms with van der Waals surface area (Å²) < 4.78 is 26.2. The van der Waals surface area contributed by atoms with Gasteiger partial charge in [-0.15, -0.1) is 0 Å². The summed E-state index contributed by atoms with van der Waals surface area (Å²) in [6.07, 6.45) is 1.39. The van der Waals surface area contributed by atoms with Gasteiger partial charge in [0.2, 0.25) is 9.84 Å². The Morgan fingerprint density at radius 1 is 1.12 bits per heavy atom. The number of rotatable bonds is 2. The smallest absolute Gasteiger partial charge is 0.209 e. The lowest BCUT2D eigenvalue weighted by Gasteiger charge is -2.04. The number of aryl methyl sites for hydroxylation is 2. The van der Waals surface area contributed by atoms with E-state index in [1.807, 2.05) is 6.92 Å². The Hall–Kier alpha value is -1.62. The molecular formula is C12H14N2O2S. The average Bonchev–Trinajstić information content (AvgIpc) is 2.61. The number of aromatic nitrogens is 2. The Labute approximate surface area is 101 Å². The van der Waals surface area contributed by atoms with Gasteiger partial charge in [0.15, 0.2) is 0 Å². The monoisotopic (exact) mass is 250 g/mol. The minimum absolute atomic E-state index is 0.267. The van der Waals surface area contributed by atoms with E-state index in [1.165, 1.54) is 6.20 Å². The summed E-state index contributed by atoms with van der Waals surface area (Å²) in [5, 5.41) is 3.96. The van der Waals surface area contributed by atoms with E-state index < -0.39 is 9.84 Å². The Morgan fingerprint density at radius 2 is 1.71 bits per heavy atom. The third-order valence-electron chi connectivity index (χ3n) is 2.81.